The summed E-state index contributed by atoms with van der Waals surface area (Å²) in [4.78, 5) is 0. The van der Waals surface area contributed by atoms with Gasteiger partial charge in [0.25, 0.3) is 0 Å². The molecular weight excluding hydrogens is 250 g/mol. The van der Waals surface area contributed by atoms with Crippen LogP contribution in [0.25, 0.3) is 0 Å². The summed E-state index contributed by atoms with van der Waals surface area (Å²) in [6.45, 7) is 4.00. The summed E-state index contributed by atoms with van der Waals surface area (Å²) in [5, 5.41) is 16.5. The average Bonchev–Trinajstić information content (AvgIpc) is 2.47. The predicted octanol–water partition coefficient (Wildman–Crippen LogP) is 2.84. The molecule has 2 aromatic carbocycles. The van der Waals surface area contributed by atoms with Gasteiger partial charge in [-0.05, 0) is 13.8 Å². The molecule has 0 aliphatic heterocycles. The number of benzene rings is 2. The van der Waals surface area contributed by atoms with Crippen molar-refractivity contribution in [2.75, 3.05) is 0 Å². The lowest BCUT2D eigenvalue weighted by Crippen LogP contribution is -2.19. The van der Waals surface area contributed by atoms with Crippen LogP contribution in [0.1, 0.15) is 22.3 Å². The third kappa shape index (κ3) is 2.85. The highest BCUT2D eigenvalue weighted by Gasteiger charge is 2.14. The summed E-state index contributed by atoms with van der Waals surface area (Å²) in [6.07, 6.45) is 0. The summed E-state index contributed by atoms with van der Waals surface area (Å²) in [5.74, 6) is 5.48. The molecule has 0 fully saturated rings. The van der Waals surface area contributed by atoms with Crippen molar-refractivity contribution in [2.45, 2.75) is 13.8 Å². The second-order valence-electron chi connectivity index (χ2n) is 4.66. The normalized spacial score (nSPS) is 12.5. The average molecular weight is 267 g/mol. The minimum atomic E-state index is 0.358. The molecule has 0 heterocycles. The molecular formula is C16H17N3O. The molecule has 4 heteroatoms. The molecule has 20 heavy (non-hydrogen) atoms. The fourth-order valence-corrected chi connectivity index (χ4v) is 1.94. The first-order valence-electron chi connectivity index (χ1n) is 6.30. The smallest absolute Gasteiger partial charge is 0.137 e. The van der Waals surface area contributed by atoms with E-state index in [1.54, 1.807) is 0 Å². The van der Waals surface area contributed by atoms with E-state index in [0.29, 0.717) is 11.4 Å². The van der Waals surface area contributed by atoms with Gasteiger partial charge in [0.15, 0.2) is 0 Å². The number of rotatable bonds is 3. The molecule has 0 aliphatic rings. The van der Waals surface area contributed by atoms with Crippen molar-refractivity contribution >= 4 is 11.4 Å². The number of aryl methyl sites for hydroxylation is 2. The first-order valence-corrected chi connectivity index (χ1v) is 6.30. The van der Waals surface area contributed by atoms with Crippen LogP contribution in [0.4, 0.5) is 0 Å². The lowest BCUT2D eigenvalue weighted by atomic mass is 9.98. The van der Waals surface area contributed by atoms with E-state index in [0.717, 1.165) is 22.3 Å². The Balaban J connectivity index is 2.44. The Morgan fingerprint density at radius 2 is 1.20 bits per heavy atom. The molecule has 0 aromatic heterocycles. The highest BCUT2D eigenvalue weighted by molar-refractivity contribution is 6.53. The first kappa shape index (κ1) is 13.8. The highest BCUT2D eigenvalue weighted by Crippen LogP contribution is 2.12. The fraction of sp³-hybridized carbons (Fsp3) is 0.125. The van der Waals surface area contributed by atoms with Crippen LogP contribution in [-0.4, -0.2) is 16.6 Å². The van der Waals surface area contributed by atoms with Crippen molar-refractivity contribution in [3.8, 4) is 0 Å². The van der Waals surface area contributed by atoms with Crippen molar-refractivity contribution < 1.29 is 5.21 Å². The van der Waals surface area contributed by atoms with Gasteiger partial charge in [0, 0.05) is 11.1 Å². The third-order valence-corrected chi connectivity index (χ3v) is 3.10. The summed E-state index contributed by atoms with van der Waals surface area (Å²) >= 11 is 0. The number of hydrogen-bond acceptors (Lipinski definition) is 4. The SMILES string of the molecule is Cc1ccc(C(=NN)C(=NO)c2ccc(C)cc2)cc1. The fourth-order valence-electron chi connectivity index (χ4n) is 1.94. The molecule has 0 radical (unpaired) electrons. The van der Waals surface area contributed by atoms with Crippen molar-refractivity contribution in [1.29, 1.82) is 0 Å². The molecule has 102 valence electrons. The van der Waals surface area contributed by atoms with E-state index in [9.17, 15) is 5.21 Å². The van der Waals surface area contributed by atoms with Crippen molar-refractivity contribution in [3.05, 3.63) is 70.8 Å². The van der Waals surface area contributed by atoms with Crippen LogP contribution < -0.4 is 5.84 Å². The minimum absolute atomic E-state index is 0.358. The lowest BCUT2D eigenvalue weighted by molar-refractivity contribution is 0.320. The molecule has 0 aliphatic carbocycles. The molecule has 3 N–H and O–H groups in total. The van der Waals surface area contributed by atoms with Gasteiger partial charge >= 0.3 is 0 Å². The molecule has 0 bridgehead atoms. The molecule has 0 unspecified atom stereocenters. The lowest BCUT2D eigenvalue weighted by Gasteiger charge is -2.08. The van der Waals surface area contributed by atoms with Gasteiger partial charge in [-0.15, -0.1) is 0 Å². The van der Waals surface area contributed by atoms with Gasteiger partial charge in [-0.1, -0.05) is 64.8 Å². The molecule has 4 nitrogen and oxygen atoms in total. The van der Waals surface area contributed by atoms with Crippen LogP contribution in [-0.2, 0) is 0 Å². The van der Waals surface area contributed by atoms with Crippen LogP contribution in [0.3, 0.4) is 0 Å². The van der Waals surface area contributed by atoms with Crippen LogP contribution >= 0.6 is 0 Å². The highest BCUT2D eigenvalue weighted by atomic mass is 16.4. The van der Waals surface area contributed by atoms with Crippen LogP contribution in [0.15, 0.2) is 58.8 Å². The molecule has 2 rings (SSSR count). The Hall–Kier alpha value is -2.62. The van der Waals surface area contributed by atoms with Gasteiger partial charge in [0.1, 0.15) is 11.4 Å². The van der Waals surface area contributed by atoms with Gasteiger partial charge in [-0.25, -0.2) is 0 Å². The predicted molar refractivity (Wildman–Crippen MR) is 81.4 cm³/mol. The van der Waals surface area contributed by atoms with Crippen molar-refractivity contribution in [1.82, 2.24) is 0 Å². The second kappa shape index (κ2) is 6.02. The summed E-state index contributed by atoms with van der Waals surface area (Å²) < 4.78 is 0. The zero-order chi connectivity index (χ0) is 14.5. The van der Waals surface area contributed by atoms with E-state index in [2.05, 4.69) is 10.3 Å². The van der Waals surface area contributed by atoms with Crippen molar-refractivity contribution in [3.63, 3.8) is 0 Å². The maximum Gasteiger partial charge on any atom is 0.137 e. The molecule has 0 amide bonds. The maximum absolute atomic E-state index is 9.32. The second-order valence-corrected chi connectivity index (χ2v) is 4.66. The number of oxime groups is 1. The van der Waals surface area contributed by atoms with E-state index in [1.165, 1.54) is 0 Å². The van der Waals surface area contributed by atoms with E-state index in [4.69, 9.17) is 5.84 Å². The Kier molecular flexibility index (Phi) is 4.15. The molecule has 0 saturated heterocycles. The Bertz CT molecular complexity index is 581. The number of nitrogens with zero attached hydrogens (tertiary/aromatic N) is 2. The zero-order valence-corrected chi connectivity index (χ0v) is 11.5. The van der Waals surface area contributed by atoms with Crippen LogP contribution in [0, 0.1) is 13.8 Å². The van der Waals surface area contributed by atoms with Gasteiger partial charge in [0.2, 0.25) is 0 Å². The van der Waals surface area contributed by atoms with E-state index >= 15 is 0 Å². The Morgan fingerprint density at radius 3 is 1.55 bits per heavy atom. The largest absolute Gasteiger partial charge is 0.410 e. The van der Waals surface area contributed by atoms with Gasteiger partial charge in [-0.3, -0.25) is 0 Å². The van der Waals surface area contributed by atoms with Gasteiger partial charge in [0.05, 0.1) is 0 Å². The molecule has 2 aromatic rings. The van der Waals surface area contributed by atoms with Crippen molar-refractivity contribution in [2.24, 2.45) is 16.1 Å². The molecule has 0 saturated carbocycles. The summed E-state index contributed by atoms with van der Waals surface area (Å²) in [7, 11) is 0. The van der Waals surface area contributed by atoms with E-state index in [1.807, 2.05) is 62.4 Å². The Morgan fingerprint density at radius 1 is 0.800 bits per heavy atom. The topological polar surface area (TPSA) is 71.0 Å². The zero-order valence-electron chi connectivity index (χ0n) is 11.5. The maximum atomic E-state index is 9.32. The number of nitrogens with two attached hydrogens (primary N) is 1. The van der Waals surface area contributed by atoms with Crippen LogP contribution in [0.5, 0.6) is 0 Å². The Labute approximate surface area is 118 Å². The number of hydrazone groups is 1. The third-order valence-electron chi connectivity index (χ3n) is 3.10. The standard InChI is InChI=1S/C16H17N3O/c1-11-3-7-13(8-4-11)15(18-17)16(19-20)14-9-5-12(2)6-10-14/h3-10,20H,17H2,1-2H3. The minimum Gasteiger partial charge on any atom is -0.410 e. The van der Waals surface area contributed by atoms with E-state index in [-0.39, 0.29) is 0 Å². The molecule has 0 atom stereocenters. The number of hydrogen-bond donors (Lipinski definition) is 2. The summed E-state index contributed by atoms with van der Waals surface area (Å²) in [5.41, 5.74) is 4.66. The monoisotopic (exact) mass is 267 g/mol. The van der Waals surface area contributed by atoms with Gasteiger partial charge < -0.3 is 11.0 Å². The quantitative estimate of drug-likeness (QED) is 0.388. The molecule has 0 spiro atoms. The van der Waals surface area contributed by atoms with Gasteiger partial charge in [-0.2, -0.15) is 5.10 Å². The van der Waals surface area contributed by atoms with Crippen LogP contribution in [0.2, 0.25) is 0 Å². The summed E-state index contributed by atoms with van der Waals surface area (Å²) in [6, 6.07) is 15.4. The van der Waals surface area contributed by atoms with E-state index < -0.39 is 0 Å². The first-order chi connectivity index (χ1) is 9.65.